The van der Waals surface area contributed by atoms with Gasteiger partial charge in [-0.15, -0.1) is 0 Å². The molecule has 8 nitrogen and oxygen atoms in total. The number of hydrogen-bond donors (Lipinski definition) is 3. The summed E-state index contributed by atoms with van der Waals surface area (Å²) in [5, 5.41) is 11.2. The van der Waals surface area contributed by atoms with E-state index < -0.39 is 28.1 Å². The second kappa shape index (κ2) is 8.75. The normalized spacial score (nSPS) is 12.8. The first kappa shape index (κ1) is 18.7. The van der Waals surface area contributed by atoms with Gasteiger partial charge in [0, 0.05) is 25.7 Å². The summed E-state index contributed by atoms with van der Waals surface area (Å²) in [6.07, 6.45) is -0.156. The number of carboxylic acids is 1. The Labute approximate surface area is 119 Å². The molecule has 0 aliphatic rings. The topological polar surface area (TPSA) is 116 Å². The average Bonchev–Trinajstić information content (AvgIpc) is 2.28. The molecule has 20 heavy (non-hydrogen) atoms. The van der Waals surface area contributed by atoms with Crippen molar-refractivity contribution in [3.8, 4) is 0 Å². The molecular formula is C11H23N3O5S. The Kier molecular flexibility index (Phi) is 8.16. The molecule has 0 saturated heterocycles. The predicted octanol–water partition coefficient (Wildman–Crippen LogP) is -0.180. The molecule has 0 spiro atoms. The quantitative estimate of drug-likeness (QED) is 0.546. The SMILES string of the molecule is CCNS(=O)(=O)CCNC(=O)N(CC)C(C)CC(=O)O. The first-order chi connectivity index (χ1) is 9.23. The van der Waals surface area contributed by atoms with Crippen molar-refractivity contribution in [1.82, 2.24) is 14.9 Å². The van der Waals surface area contributed by atoms with E-state index >= 15 is 0 Å². The number of carbonyl (C=O) groups is 2. The van der Waals surface area contributed by atoms with Crippen LogP contribution in [0, 0.1) is 0 Å². The number of nitrogens with one attached hydrogen (secondary N) is 2. The number of carbonyl (C=O) groups excluding carboxylic acids is 1. The molecule has 0 aromatic rings. The number of rotatable bonds is 9. The summed E-state index contributed by atoms with van der Waals surface area (Å²) in [4.78, 5) is 23.8. The van der Waals surface area contributed by atoms with Gasteiger partial charge < -0.3 is 15.3 Å². The number of hydrogen-bond acceptors (Lipinski definition) is 4. The first-order valence-corrected chi connectivity index (χ1v) is 8.12. The lowest BCUT2D eigenvalue weighted by molar-refractivity contribution is -0.138. The Hall–Kier alpha value is -1.35. The number of amides is 2. The second-order valence-corrected chi connectivity index (χ2v) is 6.21. The van der Waals surface area contributed by atoms with Crippen LogP contribution in [0.2, 0.25) is 0 Å². The van der Waals surface area contributed by atoms with Gasteiger partial charge in [0.25, 0.3) is 0 Å². The van der Waals surface area contributed by atoms with Gasteiger partial charge in [-0.1, -0.05) is 6.92 Å². The summed E-state index contributed by atoms with van der Waals surface area (Å²) in [5.74, 6) is -1.20. The fourth-order valence-corrected chi connectivity index (χ4v) is 2.66. The van der Waals surface area contributed by atoms with Crippen molar-refractivity contribution in [3.05, 3.63) is 0 Å². The maximum Gasteiger partial charge on any atom is 0.317 e. The fraction of sp³-hybridized carbons (Fsp3) is 0.818. The molecule has 0 rings (SSSR count). The van der Waals surface area contributed by atoms with Crippen LogP contribution in [0.5, 0.6) is 0 Å². The largest absolute Gasteiger partial charge is 0.481 e. The molecule has 0 heterocycles. The highest BCUT2D eigenvalue weighted by atomic mass is 32.2. The minimum atomic E-state index is -3.38. The molecule has 0 aromatic heterocycles. The van der Waals surface area contributed by atoms with Crippen molar-refractivity contribution in [1.29, 1.82) is 0 Å². The minimum Gasteiger partial charge on any atom is -0.481 e. The first-order valence-electron chi connectivity index (χ1n) is 6.47. The molecule has 3 N–H and O–H groups in total. The smallest absolute Gasteiger partial charge is 0.317 e. The van der Waals surface area contributed by atoms with E-state index in [0.29, 0.717) is 13.1 Å². The fourth-order valence-electron chi connectivity index (χ4n) is 1.70. The minimum absolute atomic E-state index is 0.0234. The monoisotopic (exact) mass is 309 g/mol. The van der Waals surface area contributed by atoms with Crippen LogP contribution in [0.25, 0.3) is 0 Å². The van der Waals surface area contributed by atoms with Crippen molar-refractivity contribution < 1.29 is 23.1 Å². The molecule has 0 aliphatic carbocycles. The lowest BCUT2D eigenvalue weighted by atomic mass is 10.2. The number of nitrogens with zero attached hydrogens (tertiary/aromatic N) is 1. The lowest BCUT2D eigenvalue weighted by Crippen LogP contribution is -2.47. The van der Waals surface area contributed by atoms with E-state index in [0.717, 1.165) is 0 Å². The standard InChI is InChI=1S/C11H23N3O5S/c1-4-13-20(18,19)7-6-12-11(17)14(5-2)9(3)8-10(15)16/h9,13H,4-8H2,1-3H3,(H,12,17)(H,15,16). The van der Waals surface area contributed by atoms with Gasteiger partial charge in [0.2, 0.25) is 10.0 Å². The van der Waals surface area contributed by atoms with E-state index in [2.05, 4.69) is 10.0 Å². The van der Waals surface area contributed by atoms with Crippen LogP contribution in [0.1, 0.15) is 27.2 Å². The predicted molar refractivity (Wildman–Crippen MR) is 75.0 cm³/mol. The highest BCUT2D eigenvalue weighted by Crippen LogP contribution is 2.04. The van der Waals surface area contributed by atoms with Gasteiger partial charge in [0.1, 0.15) is 0 Å². The molecule has 0 bridgehead atoms. The molecule has 1 unspecified atom stereocenters. The Morgan fingerprint density at radius 2 is 1.90 bits per heavy atom. The third kappa shape index (κ3) is 7.29. The van der Waals surface area contributed by atoms with Crippen LogP contribution in [-0.4, -0.2) is 61.9 Å². The van der Waals surface area contributed by atoms with E-state index in [1.807, 2.05) is 0 Å². The van der Waals surface area contributed by atoms with Gasteiger partial charge in [-0.25, -0.2) is 17.9 Å². The zero-order chi connectivity index (χ0) is 15.8. The third-order valence-electron chi connectivity index (χ3n) is 2.61. The molecule has 0 saturated carbocycles. The summed E-state index contributed by atoms with van der Waals surface area (Å²) < 4.78 is 25.1. The van der Waals surface area contributed by atoms with Gasteiger partial charge in [-0.3, -0.25) is 4.79 Å². The molecule has 0 aromatic carbocycles. The van der Waals surface area contributed by atoms with Gasteiger partial charge >= 0.3 is 12.0 Å². The molecule has 118 valence electrons. The molecule has 1 atom stereocenters. The summed E-state index contributed by atoms with van der Waals surface area (Å²) >= 11 is 0. The van der Waals surface area contributed by atoms with E-state index in [4.69, 9.17) is 5.11 Å². The molecule has 0 aliphatic heterocycles. The Morgan fingerprint density at radius 1 is 1.30 bits per heavy atom. The highest BCUT2D eigenvalue weighted by molar-refractivity contribution is 7.89. The second-order valence-electron chi connectivity index (χ2n) is 4.28. The van der Waals surface area contributed by atoms with Gasteiger partial charge in [0.15, 0.2) is 0 Å². The third-order valence-corrected chi connectivity index (χ3v) is 4.08. The molecule has 0 radical (unpaired) electrons. The summed E-state index contributed by atoms with van der Waals surface area (Å²) in [6.45, 7) is 5.65. The Morgan fingerprint density at radius 3 is 2.35 bits per heavy atom. The molecule has 0 fully saturated rings. The summed E-state index contributed by atoms with van der Waals surface area (Å²) in [6, 6.07) is -0.921. The highest BCUT2D eigenvalue weighted by Gasteiger charge is 2.20. The molecular weight excluding hydrogens is 286 g/mol. The number of carboxylic acid groups (broad SMARTS) is 1. The van der Waals surface area contributed by atoms with Crippen molar-refractivity contribution in [3.63, 3.8) is 0 Å². The van der Waals surface area contributed by atoms with E-state index in [1.54, 1.807) is 20.8 Å². The maximum absolute atomic E-state index is 11.8. The Bertz CT molecular complexity index is 424. The lowest BCUT2D eigenvalue weighted by Gasteiger charge is -2.27. The zero-order valence-corrected chi connectivity index (χ0v) is 12.9. The zero-order valence-electron chi connectivity index (χ0n) is 12.0. The van der Waals surface area contributed by atoms with E-state index in [9.17, 15) is 18.0 Å². The van der Waals surface area contributed by atoms with Crippen molar-refractivity contribution >= 4 is 22.0 Å². The van der Waals surface area contributed by atoms with Crippen LogP contribution in [0.3, 0.4) is 0 Å². The summed E-state index contributed by atoms with van der Waals surface area (Å²) in [7, 11) is -3.38. The van der Waals surface area contributed by atoms with Gasteiger partial charge in [-0.2, -0.15) is 0 Å². The van der Waals surface area contributed by atoms with Gasteiger partial charge in [0.05, 0.1) is 12.2 Å². The van der Waals surface area contributed by atoms with Crippen LogP contribution >= 0.6 is 0 Å². The van der Waals surface area contributed by atoms with Gasteiger partial charge in [-0.05, 0) is 13.8 Å². The Balaban J connectivity index is 4.33. The number of sulfonamides is 1. The number of aliphatic carboxylic acids is 1. The van der Waals surface area contributed by atoms with Crippen LogP contribution in [0.15, 0.2) is 0 Å². The average molecular weight is 309 g/mol. The van der Waals surface area contributed by atoms with Crippen molar-refractivity contribution in [2.24, 2.45) is 0 Å². The molecule has 2 amide bonds. The number of urea groups is 1. The van der Waals surface area contributed by atoms with E-state index in [-0.39, 0.29) is 18.7 Å². The van der Waals surface area contributed by atoms with E-state index in [1.165, 1.54) is 4.90 Å². The van der Waals surface area contributed by atoms with Crippen molar-refractivity contribution in [2.75, 3.05) is 25.4 Å². The summed E-state index contributed by atoms with van der Waals surface area (Å²) in [5.41, 5.74) is 0. The maximum atomic E-state index is 11.8. The van der Waals surface area contributed by atoms with Crippen LogP contribution in [0.4, 0.5) is 4.79 Å². The van der Waals surface area contributed by atoms with Crippen molar-refractivity contribution in [2.45, 2.75) is 33.2 Å². The van der Waals surface area contributed by atoms with Crippen LogP contribution in [-0.2, 0) is 14.8 Å². The molecule has 9 heteroatoms. The van der Waals surface area contributed by atoms with Crippen LogP contribution < -0.4 is 10.0 Å².